The highest BCUT2D eigenvalue weighted by molar-refractivity contribution is 6.07. The smallest absolute Gasteiger partial charge is 0.185 e. The third kappa shape index (κ3) is 4.47. The molecule has 0 saturated carbocycles. The molecule has 0 amide bonds. The summed E-state index contributed by atoms with van der Waals surface area (Å²) in [6.07, 6.45) is 8.64. The van der Waals surface area contributed by atoms with Crippen molar-refractivity contribution in [3.8, 4) is 17.0 Å². The molecule has 142 valence electrons. The van der Waals surface area contributed by atoms with E-state index in [4.69, 9.17) is 5.10 Å². The fourth-order valence-electron chi connectivity index (χ4n) is 3.06. The minimum atomic E-state index is -0.186. The van der Waals surface area contributed by atoms with E-state index in [0.717, 1.165) is 22.4 Å². The lowest BCUT2D eigenvalue weighted by Crippen LogP contribution is -2.00. The summed E-state index contributed by atoms with van der Waals surface area (Å²) in [4.78, 5) is 16.7. The molecule has 0 radical (unpaired) electrons. The number of pyridine rings is 1. The van der Waals surface area contributed by atoms with Crippen LogP contribution in [0.2, 0.25) is 0 Å². The summed E-state index contributed by atoms with van der Waals surface area (Å²) in [5.41, 5.74) is 4.03. The van der Waals surface area contributed by atoms with Gasteiger partial charge in [0.25, 0.3) is 0 Å². The first-order valence-electron chi connectivity index (χ1n) is 9.22. The number of ketones is 1. The van der Waals surface area contributed by atoms with Gasteiger partial charge in [-0.25, -0.2) is 0 Å². The summed E-state index contributed by atoms with van der Waals surface area (Å²) in [7, 11) is 0. The largest absolute Gasteiger partial charge is 0.508 e. The zero-order valence-electron chi connectivity index (χ0n) is 15.6. The van der Waals surface area contributed by atoms with Gasteiger partial charge in [0.1, 0.15) is 11.4 Å². The average Bonchev–Trinajstić information content (AvgIpc) is 3.16. The standard InChI is InChI=1S/C24H19N3O2/c28-22-10-4-8-19(14-22)23(29)12-11-21-17-27(16-18-6-2-1-3-7-18)26-24(21)20-9-5-13-25-15-20/h1-15,17,28H,16H2/b12-11+. The van der Waals surface area contributed by atoms with Gasteiger partial charge in [-0.1, -0.05) is 42.5 Å². The second-order valence-corrected chi connectivity index (χ2v) is 6.61. The summed E-state index contributed by atoms with van der Waals surface area (Å²) in [5.74, 6) is -0.121. The molecule has 29 heavy (non-hydrogen) atoms. The molecule has 0 atom stereocenters. The molecule has 0 aliphatic heterocycles. The molecule has 4 rings (SSSR count). The van der Waals surface area contributed by atoms with E-state index < -0.39 is 0 Å². The zero-order valence-corrected chi connectivity index (χ0v) is 15.6. The van der Waals surface area contributed by atoms with Gasteiger partial charge in [0, 0.05) is 35.3 Å². The Morgan fingerprint density at radius 2 is 1.90 bits per heavy atom. The molecule has 0 unspecified atom stereocenters. The van der Waals surface area contributed by atoms with Crippen LogP contribution in [-0.4, -0.2) is 25.7 Å². The van der Waals surface area contributed by atoms with Gasteiger partial charge in [-0.15, -0.1) is 0 Å². The highest BCUT2D eigenvalue weighted by atomic mass is 16.3. The normalized spacial score (nSPS) is 11.0. The molecule has 2 aromatic heterocycles. The summed E-state index contributed by atoms with van der Waals surface area (Å²) in [6.45, 7) is 0.627. The minimum Gasteiger partial charge on any atom is -0.508 e. The fourth-order valence-corrected chi connectivity index (χ4v) is 3.06. The Hall–Kier alpha value is -3.99. The number of carbonyl (C=O) groups is 1. The Morgan fingerprint density at radius 1 is 1.03 bits per heavy atom. The second-order valence-electron chi connectivity index (χ2n) is 6.61. The quantitative estimate of drug-likeness (QED) is 0.392. The van der Waals surface area contributed by atoms with Gasteiger partial charge in [0.2, 0.25) is 0 Å². The number of aromatic hydroxyl groups is 1. The van der Waals surface area contributed by atoms with E-state index in [1.54, 1.807) is 30.6 Å². The number of allylic oxidation sites excluding steroid dienone is 1. The number of rotatable bonds is 6. The highest BCUT2D eigenvalue weighted by Crippen LogP contribution is 2.23. The van der Waals surface area contributed by atoms with Crippen LogP contribution in [0, 0.1) is 0 Å². The lowest BCUT2D eigenvalue weighted by atomic mass is 10.1. The average molecular weight is 381 g/mol. The van der Waals surface area contributed by atoms with Crippen LogP contribution in [0.5, 0.6) is 5.75 Å². The van der Waals surface area contributed by atoms with Gasteiger partial charge in [-0.05, 0) is 42.0 Å². The Morgan fingerprint density at radius 3 is 2.66 bits per heavy atom. The molecule has 0 aliphatic rings. The van der Waals surface area contributed by atoms with Gasteiger partial charge in [0.05, 0.1) is 6.54 Å². The molecule has 0 bridgehead atoms. The van der Waals surface area contributed by atoms with E-state index >= 15 is 0 Å². The molecule has 5 nitrogen and oxygen atoms in total. The summed E-state index contributed by atoms with van der Waals surface area (Å²) in [6, 6.07) is 20.2. The van der Waals surface area contributed by atoms with Crippen LogP contribution in [0.4, 0.5) is 0 Å². The number of hydrogen-bond donors (Lipinski definition) is 1. The van der Waals surface area contributed by atoms with Crippen LogP contribution in [-0.2, 0) is 6.54 Å². The maximum atomic E-state index is 12.5. The molecular formula is C24H19N3O2. The summed E-state index contributed by atoms with van der Waals surface area (Å²) >= 11 is 0. The maximum absolute atomic E-state index is 12.5. The molecule has 2 heterocycles. The van der Waals surface area contributed by atoms with E-state index in [1.807, 2.05) is 53.3 Å². The van der Waals surface area contributed by atoms with Crippen molar-refractivity contribution in [1.29, 1.82) is 0 Å². The van der Waals surface area contributed by atoms with E-state index in [-0.39, 0.29) is 11.5 Å². The first kappa shape index (κ1) is 18.4. The number of phenolic OH excluding ortho intramolecular Hbond substituents is 1. The first-order chi connectivity index (χ1) is 14.2. The monoisotopic (exact) mass is 381 g/mol. The van der Waals surface area contributed by atoms with Crippen molar-refractivity contribution in [1.82, 2.24) is 14.8 Å². The number of phenols is 1. The Bertz CT molecular complexity index is 1150. The van der Waals surface area contributed by atoms with Crippen molar-refractivity contribution in [3.05, 3.63) is 108 Å². The SMILES string of the molecule is O=C(/C=C/c1cn(Cc2ccccc2)nc1-c1cccnc1)c1cccc(O)c1. The lowest BCUT2D eigenvalue weighted by molar-refractivity contribution is 0.104. The van der Waals surface area contributed by atoms with Gasteiger partial charge in [-0.3, -0.25) is 14.5 Å². The van der Waals surface area contributed by atoms with Gasteiger partial charge in [-0.2, -0.15) is 5.10 Å². The molecule has 0 fully saturated rings. The first-order valence-corrected chi connectivity index (χ1v) is 9.22. The van der Waals surface area contributed by atoms with Crippen molar-refractivity contribution in [2.24, 2.45) is 0 Å². The fraction of sp³-hybridized carbons (Fsp3) is 0.0417. The van der Waals surface area contributed by atoms with Crippen LogP contribution in [0.15, 0.2) is 91.4 Å². The van der Waals surface area contributed by atoms with Crippen molar-refractivity contribution >= 4 is 11.9 Å². The van der Waals surface area contributed by atoms with Crippen LogP contribution in [0.3, 0.4) is 0 Å². The van der Waals surface area contributed by atoms with Crippen molar-refractivity contribution < 1.29 is 9.90 Å². The Balaban J connectivity index is 1.66. The van der Waals surface area contributed by atoms with Crippen LogP contribution in [0.25, 0.3) is 17.3 Å². The third-order valence-corrected chi connectivity index (χ3v) is 4.46. The highest BCUT2D eigenvalue weighted by Gasteiger charge is 2.11. The van der Waals surface area contributed by atoms with Crippen LogP contribution >= 0.6 is 0 Å². The molecule has 0 aliphatic carbocycles. The predicted molar refractivity (Wildman–Crippen MR) is 112 cm³/mol. The summed E-state index contributed by atoms with van der Waals surface area (Å²) in [5, 5.41) is 14.3. The molecule has 0 saturated heterocycles. The van der Waals surface area contributed by atoms with Crippen molar-refractivity contribution in [3.63, 3.8) is 0 Å². The predicted octanol–water partition coefficient (Wildman–Crippen LogP) is 4.60. The van der Waals surface area contributed by atoms with E-state index in [2.05, 4.69) is 4.98 Å². The number of benzene rings is 2. The minimum absolute atomic E-state index is 0.0657. The van der Waals surface area contributed by atoms with Gasteiger partial charge in [0.15, 0.2) is 5.78 Å². The van der Waals surface area contributed by atoms with E-state index in [9.17, 15) is 9.90 Å². The van der Waals surface area contributed by atoms with E-state index in [1.165, 1.54) is 18.2 Å². The number of carbonyl (C=O) groups excluding carboxylic acids is 1. The van der Waals surface area contributed by atoms with Gasteiger partial charge >= 0.3 is 0 Å². The topological polar surface area (TPSA) is 68.0 Å². The van der Waals surface area contributed by atoms with Crippen LogP contribution < -0.4 is 0 Å². The van der Waals surface area contributed by atoms with Crippen molar-refractivity contribution in [2.45, 2.75) is 6.54 Å². The number of hydrogen-bond acceptors (Lipinski definition) is 4. The van der Waals surface area contributed by atoms with Crippen LogP contribution in [0.1, 0.15) is 21.5 Å². The van der Waals surface area contributed by atoms with Gasteiger partial charge < -0.3 is 5.11 Å². The molecule has 2 aromatic carbocycles. The lowest BCUT2D eigenvalue weighted by Gasteiger charge is -2.01. The Labute approximate surface area is 168 Å². The third-order valence-electron chi connectivity index (χ3n) is 4.46. The molecule has 4 aromatic rings. The Kier molecular flexibility index (Phi) is 5.29. The van der Waals surface area contributed by atoms with E-state index in [0.29, 0.717) is 12.1 Å². The second kappa shape index (κ2) is 8.35. The molecule has 5 heteroatoms. The van der Waals surface area contributed by atoms with Crippen molar-refractivity contribution in [2.75, 3.05) is 0 Å². The molecule has 1 N–H and O–H groups in total. The summed E-state index contributed by atoms with van der Waals surface area (Å²) < 4.78 is 1.86. The number of nitrogens with zero attached hydrogens (tertiary/aromatic N) is 3. The maximum Gasteiger partial charge on any atom is 0.185 e. The zero-order chi connectivity index (χ0) is 20.1. The molecule has 0 spiro atoms. The number of aromatic nitrogens is 3. The molecular weight excluding hydrogens is 362 g/mol.